The standard InChI is InChI=1S/C13H19NO/c1-11-9-14(7-8-15)10-13(11)12-5-3-2-4-6-12/h2-6,11,13,15H,7-10H2,1H3/t11-,13-/m0/s1. The first-order valence-corrected chi connectivity index (χ1v) is 5.69. The summed E-state index contributed by atoms with van der Waals surface area (Å²) in [5.74, 6) is 1.33. The third-order valence-electron chi connectivity index (χ3n) is 3.33. The van der Waals surface area contributed by atoms with Crippen LogP contribution in [0.1, 0.15) is 18.4 Å². The number of hydrogen-bond donors (Lipinski definition) is 1. The summed E-state index contributed by atoms with van der Waals surface area (Å²) in [6.45, 7) is 5.59. The summed E-state index contributed by atoms with van der Waals surface area (Å²) in [6.07, 6.45) is 0. The number of hydrogen-bond acceptors (Lipinski definition) is 2. The van der Waals surface area contributed by atoms with Gasteiger partial charge >= 0.3 is 0 Å². The lowest BCUT2D eigenvalue weighted by molar-refractivity contribution is 0.217. The van der Waals surface area contributed by atoms with Gasteiger partial charge in [0.25, 0.3) is 0 Å². The Labute approximate surface area is 91.5 Å². The van der Waals surface area contributed by atoms with E-state index in [1.54, 1.807) is 0 Å². The smallest absolute Gasteiger partial charge is 0.0558 e. The van der Waals surface area contributed by atoms with E-state index in [1.165, 1.54) is 5.56 Å². The van der Waals surface area contributed by atoms with E-state index in [4.69, 9.17) is 5.11 Å². The average Bonchev–Trinajstić information content (AvgIpc) is 2.61. The highest BCUT2D eigenvalue weighted by atomic mass is 16.3. The minimum Gasteiger partial charge on any atom is -0.395 e. The quantitative estimate of drug-likeness (QED) is 0.812. The van der Waals surface area contributed by atoms with Gasteiger partial charge in [0.05, 0.1) is 6.61 Å². The fraction of sp³-hybridized carbons (Fsp3) is 0.538. The molecule has 1 saturated heterocycles. The second-order valence-electron chi connectivity index (χ2n) is 4.48. The maximum atomic E-state index is 8.93. The third kappa shape index (κ3) is 2.39. The molecule has 0 aliphatic carbocycles. The fourth-order valence-corrected chi connectivity index (χ4v) is 2.53. The SMILES string of the molecule is C[C@H]1CN(CCO)C[C@@H]1c1ccccc1. The van der Waals surface area contributed by atoms with Crippen molar-refractivity contribution in [2.75, 3.05) is 26.2 Å². The summed E-state index contributed by atoms with van der Waals surface area (Å²) in [4.78, 5) is 2.35. The van der Waals surface area contributed by atoms with Crippen molar-refractivity contribution in [1.29, 1.82) is 0 Å². The summed E-state index contributed by atoms with van der Waals surface area (Å²) in [5, 5.41) is 8.93. The van der Waals surface area contributed by atoms with E-state index in [9.17, 15) is 0 Å². The normalized spacial score (nSPS) is 27.1. The minimum atomic E-state index is 0.272. The van der Waals surface area contributed by atoms with Crippen LogP contribution in [0.2, 0.25) is 0 Å². The number of nitrogens with zero attached hydrogens (tertiary/aromatic N) is 1. The average molecular weight is 205 g/mol. The van der Waals surface area contributed by atoms with Crippen LogP contribution in [0.15, 0.2) is 30.3 Å². The predicted octanol–water partition coefficient (Wildman–Crippen LogP) is 1.71. The van der Waals surface area contributed by atoms with Gasteiger partial charge in [-0.25, -0.2) is 0 Å². The zero-order chi connectivity index (χ0) is 10.7. The van der Waals surface area contributed by atoms with Gasteiger partial charge in [-0.3, -0.25) is 0 Å². The number of aliphatic hydroxyl groups excluding tert-OH is 1. The Morgan fingerprint density at radius 2 is 2.00 bits per heavy atom. The van der Waals surface area contributed by atoms with Crippen LogP contribution in [-0.2, 0) is 0 Å². The first-order valence-electron chi connectivity index (χ1n) is 5.69. The van der Waals surface area contributed by atoms with Crippen molar-refractivity contribution in [1.82, 2.24) is 4.90 Å². The highest BCUT2D eigenvalue weighted by Gasteiger charge is 2.29. The van der Waals surface area contributed by atoms with Crippen LogP contribution >= 0.6 is 0 Å². The van der Waals surface area contributed by atoms with Crippen molar-refractivity contribution < 1.29 is 5.11 Å². The van der Waals surface area contributed by atoms with Crippen molar-refractivity contribution in [3.05, 3.63) is 35.9 Å². The van der Waals surface area contributed by atoms with Crippen molar-refractivity contribution in [3.8, 4) is 0 Å². The van der Waals surface area contributed by atoms with Crippen LogP contribution in [0.4, 0.5) is 0 Å². The molecule has 1 aliphatic heterocycles. The van der Waals surface area contributed by atoms with E-state index in [-0.39, 0.29) is 6.61 Å². The number of likely N-dealkylation sites (tertiary alicyclic amines) is 1. The molecule has 1 heterocycles. The van der Waals surface area contributed by atoms with Crippen LogP contribution in [0, 0.1) is 5.92 Å². The molecule has 1 aromatic rings. The van der Waals surface area contributed by atoms with E-state index < -0.39 is 0 Å². The molecule has 1 aliphatic rings. The molecular formula is C13H19NO. The lowest BCUT2D eigenvalue weighted by Gasteiger charge is -2.15. The van der Waals surface area contributed by atoms with Gasteiger partial charge in [-0.05, 0) is 11.5 Å². The highest BCUT2D eigenvalue weighted by molar-refractivity contribution is 5.22. The van der Waals surface area contributed by atoms with Gasteiger partial charge in [0.1, 0.15) is 0 Å². The zero-order valence-electron chi connectivity index (χ0n) is 9.26. The molecule has 0 aromatic heterocycles. The van der Waals surface area contributed by atoms with Crippen LogP contribution in [-0.4, -0.2) is 36.2 Å². The Balaban J connectivity index is 2.05. The van der Waals surface area contributed by atoms with E-state index in [0.29, 0.717) is 11.8 Å². The second kappa shape index (κ2) is 4.77. The minimum absolute atomic E-state index is 0.272. The Morgan fingerprint density at radius 3 is 2.67 bits per heavy atom. The number of aliphatic hydroxyl groups is 1. The lowest BCUT2D eigenvalue weighted by Crippen LogP contribution is -2.24. The summed E-state index contributed by atoms with van der Waals surface area (Å²) < 4.78 is 0. The number of rotatable bonds is 3. The molecule has 1 aromatic carbocycles. The predicted molar refractivity (Wildman–Crippen MR) is 61.9 cm³/mol. The van der Waals surface area contributed by atoms with E-state index in [2.05, 4.69) is 42.2 Å². The van der Waals surface area contributed by atoms with Gasteiger partial charge in [0, 0.05) is 25.6 Å². The molecule has 0 amide bonds. The molecule has 2 nitrogen and oxygen atoms in total. The summed E-state index contributed by atoms with van der Waals surface area (Å²) >= 11 is 0. The molecule has 2 atom stereocenters. The van der Waals surface area contributed by atoms with Gasteiger partial charge in [0.15, 0.2) is 0 Å². The molecular weight excluding hydrogens is 186 g/mol. The summed E-state index contributed by atoms with van der Waals surface area (Å²) in [7, 11) is 0. The summed E-state index contributed by atoms with van der Waals surface area (Å²) in [6, 6.07) is 10.7. The van der Waals surface area contributed by atoms with Crippen LogP contribution in [0.3, 0.4) is 0 Å². The number of benzene rings is 1. The summed E-state index contributed by atoms with van der Waals surface area (Å²) in [5.41, 5.74) is 1.44. The monoisotopic (exact) mass is 205 g/mol. The van der Waals surface area contributed by atoms with Crippen molar-refractivity contribution in [2.24, 2.45) is 5.92 Å². The molecule has 0 radical (unpaired) electrons. The first-order chi connectivity index (χ1) is 7.31. The third-order valence-corrected chi connectivity index (χ3v) is 3.33. The Hall–Kier alpha value is -0.860. The van der Waals surface area contributed by atoms with Crippen molar-refractivity contribution in [2.45, 2.75) is 12.8 Å². The molecule has 2 heteroatoms. The maximum Gasteiger partial charge on any atom is 0.0558 e. The first kappa shape index (κ1) is 10.7. The molecule has 0 saturated carbocycles. The molecule has 0 spiro atoms. The molecule has 15 heavy (non-hydrogen) atoms. The molecule has 82 valence electrons. The van der Waals surface area contributed by atoms with Gasteiger partial charge in [-0.2, -0.15) is 0 Å². The Morgan fingerprint density at radius 1 is 1.27 bits per heavy atom. The van der Waals surface area contributed by atoms with E-state index in [1.807, 2.05) is 0 Å². The molecule has 1 fully saturated rings. The molecule has 1 N–H and O–H groups in total. The van der Waals surface area contributed by atoms with Gasteiger partial charge in [-0.1, -0.05) is 37.3 Å². The van der Waals surface area contributed by atoms with E-state index >= 15 is 0 Å². The molecule has 0 unspecified atom stereocenters. The van der Waals surface area contributed by atoms with Crippen molar-refractivity contribution in [3.63, 3.8) is 0 Å². The maximum absolute atomic E-state index is 8.93. The topological polar surface area (TPSA) is 23.5 Å². The van der Waals surface area contributed by atoms with Gasteiger partial charge in [-0.15, -0.1) is 0 Å². The second-order valence-corrected chi connectivity index (χ2v) is 4.48. The van der Waals surface area contributed by atoms with Crippen molar-refractivity contribution >= 4 is 0 Å². The largest absolute Gasteiger partial charge is 0.395 e. The Bertz CT molecular complexity index is 299. The van der Waals surface area contributed by atoms with Gasteiger partial charge in [0.2, 0.25) is 0 Å². The van der Waals surface area contributed by atoms with Crippen LogP contribution in [0.25, 0.3) is 0 Å². The number of β-amino-alcohol motifs (C(OH)–C–C–N with tert-alkyl or cyclic N) is 1. The van der Waals surface area contributed by atoms with Crippen LogP contribution < -0.4 is 0 Å². The molecule has 0 bridgehead atoms. The fourth-order valence-electron chi connectivity index (χ4n) is 2.53. The van der Waals surface area contributed by atoms with E-state index in [0.717, 1.165) is 19.6 Å². The van der Waals surface area contributed by atoms with Gasteiger partial charge < -0.3 is 10.0 Å². The Kier molecular flexibility index (Phi) is 3.39. The zero-order valence-corrected chi connectivity index (χ0v) is 9.26. The lowest BCUT2D eigenvalue weighted by atomic mass is 9.90. The van der Waals surface area contributed by atoms with Crippen LogP contribution in [0.5, 0.6) is 0 Å². The molecule has 2 rings (SSSR count). The highest BCUT2D eigenvalue weighted by Crippen LogP contribution is 2.31.